The van der Waals surface area contributed by atoms with Crippen LogP contribution in [0.1, 0.15) is 26.7 Å². The van der Waals surface area contributed by atoms with Gasteiger partial charge in [0.1, 0.15) is 5.84 Å². The second-order valence-electron chi connectivity index (χ2n) is 3.35. The average molecular weight is 154 g/mol. The second kappa shape index (κ2) is 3.74. The van der Waals surface area contributed by atoms with Crippen LogP contribution in [-0.4, -0.2) is 30.9 Å². The van der Waals surface area contributed by atoms with Gasteiger partial charge in [0.25, 0.3) is 0 Å². The van der Waals surface area contributed by atoms with Crippen molar-refractivity contribution in [2.75, 3.05) is 20.1 Å². The topological polar surface area (TPSA) is 15.6 Å². The summed E-state index contributed by atoms with van der Waals surface area (Å²) >= 11 is 0. The highest BCUT2D eigenvalue weighted by molar-refractivity contribution is 5.85. The molecule has 0 aromatic rings. The minimum Gasteiger partial charge on any atom is -0.361 e. The number of amidine groups is 1. The molecule has 0 aliphatic carbocycles. The van der Waals surface area contributed by atoms with E-state index in [1.807, 2.05) is 0 Å². The van der Waals surface area contributed by atoms with Crippen LogP contribution in [0, 0.1) is 5.92 Å². The van der Waals surface area contributed by atoms with E-state index in [4.69, 9.17) is 0 Å². The predicted molar refractivity (Wildman–Crippen MR) is 49.0 cm³/mol. The zero-order chi connectivity index (χ0) is 8.27. The minimum absolute atomic E-state index is 0.660. The Balaban J connectivity index is 2.45. The average Bonchev–Trinajstić information content (AvgIpc) is 2.36. The number of rotatable bonds is 3. The molecular formula is C9H18N2. The van der Waals surface area contributed by atoms with Gasteiger partial charge in [-0.25, -0.2) is 0 Å². The van der Waals surface area contributed by atoms with Crippen LogP contribution in [0.15, 0.2) is 4.99 Å². The highest BCUT2D eigenvalue weighted by atomic mass is 15.2. The van der Waals surface area contributed by atoms with E-state index in [0.29, 0.717) is 5.92 Å². The number of aliphatic imine (C=N–C) groups is 1. The molecule has 0 spiro atoms. The Kier molecular flexibility index (Phi) is 2.92. The van der Waals surface area contributed by atoms with Gasteiger partial charge in [-0.05, 0) is 6.42 Å². The van der Waals surface area contributed by atoms with Crippen molar-refractivity contribution in [1.29, 1.82) is 0 Å². The third-order valence-electron chi connectivity index (χ3n) is 2.26. The van der Waals surface area contributed by atoms with Crippen LogP contribution in [0.25, 0.3) is 0 Å². The van der Waals surface area contributed by atoms with Crippen LogP contribution in [0.2, 0.25) is 0 Å². The summed E-state index contributed by atoms with van der Waals surface area (Å²) in [6, 6.07) is 0. The third-order valence-corrected chi connectivity index (χ3v) is 2.26. The molecule has 2 nitrogen and oxygen atoms in total. The Labute approximate surface area is 69.3 Å². The molecule has 0 bridgehead atoms. The van der Waals surface area contributed by atoms with Crippen molar-refractivity contribution in [2.24, 2.45) is 10.9 Å². The summed E-state index contributed by atoms with van der Waals surface area (Å²) in [6.07, 6.45) is 2.52. The van der Waals surface area contributed by atoms with Crippen LogP contribution in [0.3, 0.4) is 0 Å². The molecule has 11 heavy (non-hydrogen) atoms. The highest BCUT2D eigenvalue weighted by Crippen LogP contribution is 2.13. The maximum Gasteiger partial charge on any atom is 0.102 e. The fourth-order valence-corrected chi connectivity index (χ4v) is 1.64. The zero-order valence-corrected chi connectivity index (χ0v) is 7.80. The molecule has 1 aliphatic rings. The van der Waals surface area contributed by atoms with Crippen LogP contribution < -0.4 is 0 Å². The lowest BCUT2D eigenvalue weighted by molar-refractivity contribution is 0.508. The molecule has 0 amide bonds. The van der Waals surface area contributed by atoms with E-state index in [1.54, 1.807) is 0 Å². The van der Waals surface area contributed by atoms with Crippen molar-refractivity contribution < 1.29 is 0 Å². The van der Waals surface area contributed by atoms with Crippen molar-refractivity contribution >= 4 is 5.84 Å². The first-order valence-corrected chi connectivity index (χ1v) is 4.51. The summed E-state index contributed by atoms with van der Waals surface area (Å²) in [5.74, 6) is 1.97. The molecular weight excluding hydrogens is 136 g/mol. The van der Waals surface area contributed by atoms with E-state index < -0.39 is 0 Å². The van der Waals surface area contributed by atoms with E-state index >= 15 is 0 Å². The van der Waals surface area contributed by atoms with Crippen LogP contribution in [0.5, 0.6) is 0 Å². The van der Waals surface area contributed by atoms with Gasteiger partial charge in [0, 0.05) is 19.5 Å². The zero-order valence-electron chi connectivity index (χ0n) is 7.80. The molecule has 0 aromatic heterocycles. The lowest BCUT2D eigenvalue weighted by Gasteiger charge is -2.18. The Morgan fingerprint density at radius 3 is 2.82 bits per heavy atom. The molecule has 0 fully saturated rings. The molecule has 0 N–H and O–H groups in total. The van der Waals surface area contributed by atoms with Gasteiger partial charge in [-0.2, -0.15) is 0 Å². The molecule has 0 aromatic carbocycles. The SMILES string of the molecule is CCCC(C)C1=NCCN1C. The van der Waals surface area contributed by atoms with E-state index in [9.17, 15) is 0 Å². The standard InChI is InChI=1S/C9H18N2/c1-4-5-8(2)9-10-6-7-11(9)3/h8H,4-7H2,1-3H3. The maximum atomic E-state index is 4.48. The monoisotopic (exact) mass is 154 g/mol. The van der Waals surface area contributed by atoms with Crippen molar-refractivity contribution in [3.05, 3.63) is 0 Å². The molecule has 0 radical (unpaired) electrons. The summed E-state index contributed by atoms with van der Waals surface area (Å²) in [6.45, 7) is 6.61. The fraction of sp³-hybridized carbons (Fsp3) is 0.889. The van der Waals surface area contributed by atoms with Gasteiger partial charge in [-0.15, -0.1) is 0 Å². The lowest BCUT2D eigenvalue weighted by Crippen LogP contribution is -2.27. The van der Waals surface area contributed by atoms with Gasteiger partial charge >= 0.3 is 0 Å². The normalized spacial score (nSPS) is 20.3. The molecule has 1 rings (SSSR count). The van der Waals surface area contributed by atoms with Crippen molar-refractivity contribution in [1.82, 2.24) is 4.90 Å². The summed E-state index contributed by atoms with van der Waals surface area (Å²) in [5.41, 5.74) is 0. The maximum absolute atomic E-state index is 4.48. The van der Waals surface area contributed by atoms with E-state index in [-0.39, 0.29) is 0 Å². The fourth-order valence-electron chi connectivity index (χ4n) is 1.64. The summed E-state index contributed by atoms with van der Waals surface area (Å²) in [5, 5.41) is 0. The van der Waals surface area contributed by atoms with E-state index in [1.165, 1.54) is 18.7 Å². The summed E-state index contributed by atoms with van der Waals surface area (Å²) in [4.78, 5) is 6.76. The van der Waals surface area contributed by atoms with E-state index in [2.05, 4.69) is 30.8 Å². The Morgan fingerprint density at radius 2 is 2.36 bits per heavy atom. The first-order valence-electron chi connectivity index (χ1n) is 4.51. The Morgan fingerprint density at radius 1 is 1.64 bits per heavy atom. The molecule has 0 saturated carbocycles. The first-order chi connectivity index (χ1) is 5.25. The van der Waals surface area contributed by atoms with Gasteiger partial charge in [-0.1, -0.05) is 20.3 Å². The van der Waals surface area contributed by atoms with Gasteiger partial charge in [-0.3, -0.25) is 4.99 Å². The Hall–Kier alpha value is -0.530. The van der Waals surface area contributed by atoms with Crippen LogP contribution >= 0.6 is 0 Å². The highest BCUT2D eigenvalue weighted by Gasteiger charge is 2.17. The molecule has 1 aliphatic heterocycles. The van der Waals surface area contributed by atoms with Gasteiger partial charge in [0.15, 0.2) is 0 Å². The number of hydrogen-bond acceptors (Lipinski definition) is 2. The summed E-state index contributed by atoms with van der Waals surface area (Å²) in [7, 11) is 2.14. The van der Waals surface area contributed by atoms with Gasteiger partial charge in [0.05, 0.1) is 6.54 Å². The quantitative estimate of drug-likeness (QED) is 0.605. The largest absolute Gasteiger partial charge is 0.361 e. The number of hydrogen-bond donors (Lipinski definition) is 0. The lowest BCUT2D eigenvalue weighted by atomic mass is 10.0. The van der Waals surface area contributed by atoms with Crippen LogP contribution in [0.4, 0.5) is 0 Å². The summed E-state index contributed by atoms with van der Waals surface area (Å²) < 4.78 is 0. The molecule has 1 atom stereocenters. The predicted octanol–water partition coefficient (Wildman–Crippen LogP) is 1.77. The molecule has 0 saturated heterocycles. The van der Waals surface area contributed by atoms with Gasteiger partial charge in [0.2, 0.25) is 0 Å². The first kappa shape index (κ1) is 8.57. The van der Waals surface area contributed by atoms with Crippen molar-refractivity contribution in [2.45, 2.75) is 26.7 Å². The second-order valence-corrected chi connectivity index (χ2v) is 3.35. The molecule has 1 unspecified atom stereocenters. The van der Waals surface area contributed by atoms with Crippen molar-refractivity contribution in [3.8, 4) is 0 Å². The number of likely N-dealkylation sites (N-methyl/N-ethyl adjacent to an activating group) is 1. The smallest absolute Gasteiger partial charge is 0.102 e. The number of nitrogens with zero attached hydrogens (tertiary/aromatic N) is 2. The molecule has 64 valence electrons. The Bertz CT molecular complexity index is 152. The van der Waals surface area contributed by atoms with Crippen LogP contribution in [-0.2, 0) is 0 Å². The third kappa shape index (κ3) is 1.95. The molecule has 1 heterocycles. The minimum atomic E-state index is 0.660. The van der Waals surface area contributed by atoms with Crippen molar-refractivity contribution in [3.63, 3.8) is 0 Å². The van der Waals surface area contributed by atoms with E-state index in [0.717, 1.165) is 13.1 Å². The van der Waals surface area contributed by atoms with Gasteiger partial charge < -0.3 is 4.90 Å². The molecule has 2 heteroatoms.